The normalized spacial score (nSPS) is 14.2. The lowest BCUT2D eigenvalue weighted by atomic mass is 9.98. The zero-order chi connectivity index (χ0) is 13.8. The predicted molar refractivity (Wildman–Crippen MR) is 72.0 cm³/mol. The fourth-order valence-electron chi connectivity index (χ4n) is 2.27. The predicted octanol–water partition coefficient (Wildman–Crippen LogP) is 0.247. The van der Waals surface area contributed by atoms with Crippen LogP contribution in [-0.2, 0) is 22.4 Å². The van der Waals surface area contributed by atoms with Gasteiger partial charge in [-0.1, -0.05) is 12.1 Å². The second-order valence-electron chi connectivity index (χ2n) is 4.67. The van der Waals surface area contributed by atoms with Crippen LogP contribution in [-0.4, -0.2) is 37.1 Å². The van der Waals surface area contributed by atoms with Gasteiger partial charge in [-0.3, -0.25) is 9.59 Å². The summed E-state index contributed by atoms with van der Waals surface area (Å²) in [4.78, 5) is 24.2. The first-order valence-corrected chi connectivity index (χ1v) is 6.37. The smallest absolute Gasteiger partial charge is 0.245 e. The first-order chi connectivity index (χ1) is 9.11. The molecule has 102 valence electrons. The van der Waals surface area contributed by atoms with E-state index < -0.39 is 6.61 Å². The van der Waals surface area contributed by atoms with Crippen molar-refractivity contribution in [3.05, 3.63) is 29.3 Å². The number of hydrogen-bond donors (Lipinski definition) is 2. The van der Waals surface area contributed by atoms with Gasteiger partial charge in [0.15, 0.2) is 0 Å². The van der Waals surface area contributed by atoms with E-state index >= 15 is 0 Å². The van der Waals surface area contributed by atoms with Crippen molar-refractivity contribution >= 4 is 17.5 Å². The van der Waals surface area contributed by atoms with Crippen LogP contribution in [0.2, 0.25) is 0 Å². The summed E-state index contributed by atoms with van der Waals surface area (Å²) in [5.74, 6) is -0.209. The zero-order valence-electron chi connectivity index (χ0n) is 11.0. The minimum absolute atomic E-state index is 0.149. The molecular formula is C14H18N2O3. The lowest BCUT2D eigenvalue weighted by Gasteiger charge is -2.26. The minimum atomic E-state index is -0.475. The van der Waals surface area contributed by atoms with Crippen molar-refractivity contribution in [3.8, 4) is 0 Å². The molecule has 1 aliphatic rings. The number of aryl methyl sites for hydroxylation is 1. The van der Waals surface area contributed by atoms with Crippen molar-refractivity contribution in [1.29, 1.82) is 0 Å². The highest BCUT2D eigenvalue weighted by molar-refractivity contribution is 5.95. The number of amides is 2. The Morgan fingerprint density at radius 2 is 2.21 bits per heavy atom. The molecule has 19 heavy (non-hydrogen) atoms. The Balaban J connectivity index is 2.01. The molecule has 0 atom stereocenters. The molecule has 0 bridgehead atoms. The monoisotopic (exact) mass is 262 g/mol. The number of rotatable bonds is 4. The first-order valence-electron chi connectivity index (χ1n) is 6.37. The van der Waals surface area contributed by atoms with Gasteiger partial charge < -0.3 is 15.3 Å². The van der Waals surface area contributed by atoms with Crippen LogP contribution in [0.15, 0.2) is 18.2 Å². The average molecular weight is 262 g/mol. The molecule has 1 aromatic rings. The summed E-state index contributed by atoms with van der Waals surface area (Å²) in [6.07, 6.45) is 2.04. The maximum Gasteiger partial charge on any atom is 0.245 e. The van der Waals surface area contributed by atoms with Gasteiger partial charge in [0.25, 0.3) is 0 Å². The molecule has 2 N–H and O–H groups in total. The largest absolute Gasteiger partial charge is 0.387 e. The lowest BCUT2D eigenvalue weighted by molar-refractivity contribution is -0.123. The van der Waals surface area contributed by atoms with Gasteiger partial charge in [-0.25, -0.2) is 0 Å². The Kier molecular flexibility index (Phi) is 4.16. The van der Waals surface area contributed by atoms with Gasteiger partial charge >= 0.3 is 0 Å². The molecule has 1 aliphatic heterocycles. The SMILES string of the molecule is CN1C(=O)CCc2cc(CCNC(=O)CO)ccc21. The van der Waals surface area contributed by atoms with Crippen LogP contribution in [0.5, 0.6) is 0 Å². The molecule has 0 fully saturated rings. The maximum atomic E-state index is 11.6. The quantitative estimate of drug-likeness (QED) is 0.817. The first kappa shape index (κ1) is 13.5. The van der Waals surface area contributed by atoms with Crippen molar-refractivity contribution in [2.24, 2.45) is 0 Å². The van der Waals surface area contributed by atoms with Crippen LogP contribution in [0.25, 0.3) is 0 Å². The molecule has 0 saturated heterocycles. The third kappa shape index (κ3) is 3.12. The highest BCUT2D eigenvalue weighted by Crippen LogP contribution is 2.27. The van der Waals surface area contributed by atoms with Crippen LogP contribution in [0.1, 0.15) is 17.5 Å². The van der Waals surface area contributed by atoms with Gasteiger partial charge in [0.05, 0.1) is 0 Å². The van der Waals surface area contributed by atoms with E-state index in [1.54, 1.807) is 11.9 Å². The van der Waals surface area contributed by atoms with Crippen LogP contribution < -0.4 is 10.2 Å². The minimum Gasteiger partial charge on any atom is -0.387 e. The fraction of sp³-hybridized carbons (Fsp3) is 0.429. The third-order valence-corrected chi connectivity index (χ3v) is 3.37. The van der Waals surface area contributed by atoms with E-state index in [1.807, 2.05) is 12.1 Å². The van der Waals surface area contributed by atoms with Gasteiger partial charge in [0.1, 0.15) is 6.61 Å². The Labute approximate surface area is 112 Å². The molecule has 0 aliphatic carbocycles. The average Bonchev–Trinajstić information content (AvgIpc) is 2.43. The molecule has 5 nitrogen and oxygen atoms in total. The van der Waals surface area contributed by atoms with Crippen LogP contribution in [0.3, 0.4) is 0 Å². The summed E-state index contributed by atoms with van der Waals surface area (Å²) in [5, 5.41) is 11.2. The number of benzene rings is 1. The number of anilines is 1. The van der Waals surface area contributed by atoms with E-state index in [4.69, 9.17) is 5.11 Å². The molecular weight excluding hydrogens is 244 g/mol. The zero-order valence-corrected chi connectivity index (χ0v) is 11.0. The van der Waals surface area contributed by atoms with Crippen LogP contribution in [0, 0.1) is 0 Å². The van der Waals surface area contributed by atoms with Gasteiger partial charge in [-0.2, -0.15) is 0 Å². The Bertz CT molecular complexity index is 499. The summed E-state index contributed by atoms with van der Waals surface area (Å²) >= 11 is 0. The summed E-state index contributed by atoms with van der Waals surface area (Å²) in [6.45, 7) is 0.0318. The summed E-state index contributed by atoms with van der Waals surface area (Å²) in [7, 11) is 1.79. The topological polar surface area (TPSA) is 69.6 Å². The number of carbonyl (C=O) groups excluding carboxylic acids is 2. The second-order valence-corrected chi connectivity index (χ2v) is 4.67. The molecule has 0 unspecified atom stereocenters. The standard InChI is InChI=1S/C14H18N2O3/c1-16-12-4-2-10(6-7-15-13(18)9-17)8-11(12)3-5-14(16)19/h2,4,8,17H,3,5-7,9H2,1H3,(H,15,18). The highest BCUT2D eigenvalue weighted by atomic mass is 16.3. The Hall–Kier alpha value is -1.88. The number of hydrogen-bond acceptors (Lipinski definition) is 3. The Morgan fingerprint density at radius 3 is 2.95 bits per heavy atom. The summed E-state index contributed by atoms with van der Waals surface area (Å²) < 4.78 is 0. The van der Waals surface area contributed by atoms with Crippen LogP contribution in [0.4, 0.5) is 5.69 Å². The summed E-state index contributed by atoms with van der Waals surface area (Å²) in [6, 6.07) is 6.01. The highest BCUT2D eigenvalue weighted by Gasteiger charge is 2.20. The molecule has 0 saturated carbocycles. The third-order valence-electron chi connectivity index (χ3n) is 3.37. The number of carbonyl (C=O) groups is 2. The molecule has 0 radical (unpaired) electrons. The second kappa shape index (κ2) is 5.84. The van der Waals surface area contributed by atoms with Crippen molar-refractivity contribution in [1.82, 2.24) is 5.32 Å². The van der Waals surface area contributed by atoms with Crippen molar-refractivity contribution in [3.63, 3.8) is 0 Å². The van der Waals surface area contributed by atoms with E-state index in [0.717, 1.165) is 24.1 Å². The van der Waals surface area contributed by atoms with E-state index in [-0.39, 0.29) is 11.8 Å². The molecule has 2 amide bonds. The van der Waals surface area contributed by atoms with Gasteiger partial charge in [-0.15, -0.1) is 0 Å². The van der Waals surface area contributed by atoms with Crippen molar-refractivity contribution in [2.75, 3.05) is 25.1 Å². The van der Waals surface area contributed by atoms with Crippen molar-refractivity contribution in [2.45, 2.75) is 19.3 Å². The van der Waals surface area contributed by atoms with Crippen molar-refractivity contribution < 1.29 is 14.7 Å². The Morgan fingerprint density at radius 1 is 1.42 bits per heavy atom. The number of fused-ring (bicyclic) bond motifs is 1. The number of nitrogens with zero attached hydrogens (tertiary/aromatic N) is 1. The van der Waals surface area contributed by atoms with E-state index in [9.17, 15) is 9.59 Å². The number of aliphatic hydroxyl groups excluding tert-OH is 1. The summed E-state index contributed by atoms with van der Waals surface area (Å²) in [5.41, 5.74) is 3.27. The molecule has 1 heterocycles. The number of aliphatic hydroxyl groups is 1. The van der Waals surface area contributed by atoms with Gasteiger partial charge in [-0.05, 0) is 30.0 Å². The van der Waals surface area contributed by atoms with Crippen LogP contribution >= 0.6 is 0 Å². The fourth-order valence-corrected chi connectivity index (χ4v) is 2.27. The van der Waals surface area contributed by atoms with Gasteiger partial charge in [0.2, 0.25) is 11.8 Å². The molecule has 5 heteroatoms. The lowest BCUT2D eigenvalue weighted by Crippen LogP contribution is -2.31. The van der Waals surface area contributed by atoms with E-state index in [0.29, 0.717) is 13.0 Å². The molecule has 0 spiro atoms. The molecule has 0 aromatic heterocycles. The molecule has 1 aromatic carbocycles. The van der Waals surface area contributed by atoms with E-state index in [2.05, 4.69) is 11.4 Å². The maximum absolute atomic E-state index is 11.6. The molecule has 2 rings (SSSR count). The van der Waals surface area contributed by atoms with E-state index in [1.165, 1.54) is 5.56 Å². The number of nitrogens with one attached hydrogen (secondary N) is 1. The van der Waals surface area contributed by atoms with Gasteiger partial charge in [0, 0.05) is 25.7 Å².